The molecule has 2 aromatic heterocycles. The number of carbonyl (C=O) groups is 1. The quantitative estimate of drug-likeness (QED) is 0.904. The standard InChI is InChI=1S/C13H15N3O4/c1-16-12-9(6-15-16)11(10(5-14-12)13(17)18)20-7-8-3-2-4-19-8/h5-6,8H,2-4,7H2,1H3,(H,17,18). The summed E-state index contributed by atoms with van der Waals surface area (Å²) < 4.78 is 12.8. The number of aromatic nitrogens is 3. The Morgan fingerprint density at radius 1 is 1.60 bits per heavy atom. The maximum absolute atomic E-state index is 11.3. The minimum Gasteiger partial charge on any atom is -0.489 e. The monoisotopic (exact) mass is 277 g/mol. The average molecular weight is 277 g/mol. The molecular weight excluding hydrogens is 262 g/mol. The van der Waals surface area contributed by atoms with Crippen LogP contribution in [-0.2, 0) is 11.8 Å². The van der Waals surface area contributed by atoms with Gasteiger partial charge in [-0.05, 0) is 12.8 Å². The molecule has 1 atom stereocenters. The topological polar surface area (TPSA) is 86.5 Å². The van der Waals surface area contributed by atoms with Gasteiger partial charge in [-0.2, -0.15) is 5.10 Å². The summed E-state index contributed by atoms with van der Waals surface area (Å²) >= 11 is 0. The molecule has 1 unspecified atom stereocenters. The van der Waals surface area contributed by atoms with Crippen LogP contribution in [-0.4, -0.2) is 45.2 Å². The molecule has 0 aliphatic carbocycles. The van der Waals surface area contributed by atoms with Crippen molar-refractivity contribution >= 4 is 17.0 Å². The van der Waals surface area contributed by atoms with Crippen molar-refractivity contribution in [2.45, 2.75) is 18.9 Å². The van der Waals surface area contributed by atoms with E-state index in [0.717, 1.165) is 19.4 Å². The Morgan fingerprint density at radius 2 is 2.45 bits per heavy atom. The van der Waals surface area contributed by atoms with Gasteiger partial charge in [0.2, 0.25) is 0 Å². The summed E-state index contributed by atoms with van der Waals surface area (Å²) in [5.41, 5.74) is 0.640. The Bertz CT molecular complexity index is 646. The molecule has 1 N–H and O–H groups in total. The lowest BCUT2D eigenvalue weighted by atomic mass is 10.2. The third-order valence-electron chi connectivity index (χ3n) is 3.38. The molecule has 2 aromatic rings. The highest BCUT2D eigenvalue weighted by Crippen LogP contribution is 2.28. The number of fused-ring (bicyclic) bond motifs is 1. The SMILES string of the molecule is Cn1ncc2c(OCC3CCCO3)c(C(=O)O)cnc21. The van der Waals surface area contributed by atoms with E-state index in [9.17, 15) is 9.90 Å². The van der Waals surface area contributed by atoms with E-state index in [1.165, 1.54) is 6.20 Å². The van der Waals surface area contributed by atoms with E-state index in [2.05, 4.69) is 10.1 Å². The van der Waals surface area contributed by atoms with E-state index in [1.54, 1.807) is 17.9 Å². The second-order valence-electron chi connectivity index (χ2n) is 4.76. The van der Waals surface area contributed by atoms with Crippen LogP contribution in [0.25, 0.3) is 11.0 Å². The molecule has 0 amide bonds. The zero-order valence-corrected chi connectivity index (χ0v) is 11.1. The van der Waals surface area contributed by atoms with E-state index in [4.69, 9.17) is 9.47 Å². The zero-order valence-electron chi connectivity index (χ0n) is 11.1. The van der Waals surface area contributed by atoms with E-state index in [0.29, 0.717) is 23.4 Å². The summed E-state index contributed by atoms with van der Waals surface area (Å²) in [5, 5.41) is 13.9. The molecule has 0 saturated carbocycles. The molecular formula is C13H15N3O4. The molecule has 7 nitrogen and oxygen atoms in total. The number of pyridine rings is 1. The highest BCUT2D eigenvalue weighted by Gasteiger charge is 2.21. The van der Waals surface area contributed by atoms with Crippen LogP contribution < -0.4 is 4.74 Å². The van der Waals surface area contributed by atoms with Gasteiger partial charge >= 0.3 is 5.97 Å². The Kier molecular flexibility index (Phi) is 3.27. The largest absolute Gasteiger partial charge is 0.489 e. The number of nitrogens with zero attached hydrogens (tertiary/aromatic N) is 3. The van der Waals surface area contributed by atoms with E-state index in [-0.39, 0.29) is 11.7 Å². The first-order valence-corrected chi connectivity index (χ1v) is 6.45. The third-order valence-corrected chi connectivity index (χ3v) is 3.38. The normalized spacial score (nSPS) is 18.6. The predicted octanol–water partition coefficient (Wildman–Crippen LogP) is 1.22. The van der Waals surface area contributed by atoms with Gasteiger partial charge in [-0.1, -0.05) is 0 Å². The fourth-order valence-electron chi connectivity index (χ4n) is 2.33. The number of aryl methyl sites for hydroxylation is 1. The lowest BCUT2D eigenvalue weighted by molar-refractivity contribution is 0.0633. The van der Waals surface area contributed by atoms with Gasteiger partial charge in [-0.3, -0.25) is 4.68 Å². The average Bonchev–Trinajstić information content (AvgIpc) is 3.06. The molecule has 1 fully saturated rings. The van der Waals surface area contributed by atoms with Crippen molar-refractivity contribution in [1.82, 2.24) is 14.8 Å². The van der Waals surface area contributed by atoms with Crippen LogP contribution in [0.2, 0.25) is 0 Å². The van der Waals surface area contributed by atoms with Crippen LogP contribution in [0.1, 0.15) is 23.2 Å². The first kappa shape index (κ1) is 12.9. The van der Waals surface area contributed by atoms with Crippen LogP contribution in [0.3, 0.4) is 0 Å². The van der Waals surface area contributed by atoms with Crippen molar-refractivity contribution in [3.8, 4) is 5.75 Å². The predicted molar refractivity (Wildman–Crippen MR) is 69.9 cm³/mol. The van der Waals surface area contributed by atoms with Crippen molar-refractivity contribution in [2.75, 3.05) is 13.2 Å². The van der Waals surface area contributed by atoms with E-state index in [1.807, 2.05) is 0 Å². The molecule has 0 spiro atoms. The fraction of sp³-hybridized carbons (Fsp3) is 0.462. The molecule has 1 saturated heterocycles. The summed E-state index contributed by atoms with van der Waals surface area (Å²) in [7, 11) is 1.75. The Labute approximate surface area is 115 Å². The molecule has 1 aliphatic rings. The molecule has 20 heavy (non-hydrogen) atoms. The Balaban J connectivity index is 1.96. The van der Waals surface area contributed by atoms with Gasteiger partial charge in [0.15, 0.2) is 5.65 Å². The second-order valence-corrected chi connectivity index (χ2v) is 4.76. The van der Waals surface area contributed by atoms with Crippen LogP contribution in [0.5, 0.6) is 5.75 Å². The van der Waals surface area contributed by atoms with Crippen molar-refractivity contribution in [3.05, 3.63) is 18.0 Å². The number of hydrogen-bond donors (Lipinski definition) is 1. The molecule has 3 rings (SSSR count). The van der Waals surface area contributed by atoms with Crippen molar-refractivity contribution in [3.63, 3.8) is 0 Å². The lowest BCUT2D eigenvalue weighted by Gasteiger charge is -2.13. The first-order chi connectivity index (χ1) is 9.66. The molecule has 0 bridgehead atoms. The molecule has 0 aromatic carbocycles. The van der Waals surface area contributed by atoms with Crippen molar-refractivity contribution in [2.24, 2.45) is 7.05 Å². The first-order valence-electron chi connectivity index (χ1n) is 6.45. The molecule has 7 heteroatoms. The molecule has 3 heterocycles. The van der Waals surface area contributed by atoms with Gasteiger partial charge in [0, 0.05) is 19.9 Å². The molecule has 1 aliphatic heterocycles. The van der Waals surface area contributed by atoms with Crippen LogP contribution in [0.4, 0.5) is 0 Å². The lowest BCUT2D eigenvalue weighted by Crippen LogP contribution is -2.17. The Morgan fingerprint density at radius 3 is 3.15 bits per heavy atom. The smallest absolute Gasteiger partial charge is 0.341 e. The number of ether oxygens (including phenoxy) is 2. The minimum atomic E-state index is -1.06. The van der Waals surface area contributed by atoms with Crippen molar-refractivity contribution in [1.29, 1.82) is 0 Å². The van der Waals surface area contributed by atoms with Gasteiger partial charge < -0.3 is 14.6 Å². The molecule has 0 radical (unpaired) electrons. The van der Waals surface area contributed by atoms with E-state index >= 15 is 0 Å². The number of rotatable bonds is 4. The van der Waals surface area contributed by atoms with Crippen LogP contribution in [0, 0.1) is 0 Å². The van der Waals surface area contributed by atoms with Gasteiger partial charge in [-0.25, -0.2) is 9.78 Å². The number of hydrogen-bond acceptors (Lipinski definition) is 5. The molecule has 106 valence electrons. The zero-order chi connectivity index (χ0) is 14.1. The highest BCUT2D eigenvalue weighted by molar-refractivity contribution is 5.97. The maximum Gasteiger partial charge on any atom is 0.341 e. The number of carboxylic acid groups (broad SMARTS) is 1. The van der Waals surface area contributed by atoms with Crippen LogP contribution in [0.15, 0.2) is 12.4 Å². The number of aromatic carboxylic acids is 1. The summed E-state index contributed by atoms with van der Waals surface area (Å²) in [6, 6.07) is 0. The van der Waals surface area contributed by atoms with Gasteiger partial charge in [0.1, 0.15) is 17.9 Å². The number of carboxylic acids is 1. The van der Waals surface area contributed by atoms with Gasteiger partial charge in [0.05, 0.1) is 17.7 Å². The highest BCUT2D eigenvalue weighted by atomic mass is 16.5. The summed E-state index contributed by atoms with van der Waals surface area (Å²) in [5.74, 6) is -0.753. The summed E-state index contributed by atoms with van der Waals surface area (Å²) in [4.78, 5) is 15.4. The fourth-order valence-corrected chi connectivity index (χ4v) is 2.33. The summed E-state index contributed by atoms with van der Waals surface area (Å²) in [6.07, 6.45) is 4.84. The second kappa shape index (κ2) is 5.09. The van der Waals surface area contributed by atoms with E-state index < -0.39 is 5.97 Å². The van der Waals surface area contributed by atoms with Gasteiger partial charge in [0.25, 0.3) is 0 Å². The van der Waals surface area contributed by atoms with Gasteiger partial charge in [-0.15, -0.1) is 0 Å². The maximum atomic E-state index is 11.3. The van der Waals surface area contributed by atoms with Crippen molar-refractivity contribution < 1.29 is 19.4 Å². The Hall–Kier alpha value is -2.15. The minimum absolute atomic E-state index is 0.0246. The van der Waals surface area contributed by atoms with Crippen LogP contribution >= 0.6 is 0 Å². The summed E-state index contributed by atoms with van der Waals surface area (Å²) in [6.45, 7) is 1.08. The third kappa shape index (κ3) is 2.20.